The van der Waals surface area contributed by atoms with E-state index in [1.54, 1.807) is 24.3 Å². The molecule has 4 aromatic carbocycles. The predicted molar refractivity (Wildman–Crippen MR) is 149 cm³/mol. The fourth-order valence-electron chi connectivity index (χ4n) is 3.56. The molecule has 0 spiro atoms. The van der Waals surface area contributed by atoms with Gasteiger partial charge in [-0.3, -0.25) is 0 Å². The minimum atomic E-state index is -0.743. The van der Waals surface area contributed by atoms with E-state index in [9.17, 15) is 13.6 Å². The van der Waals surface area contributed by atoms with Crippen molar-refractivity contribution >= 4 is 28.7 Å². The molecule has 0 aliphatic rings. The van der Waals surface area contributed by atoms with Gasteiger partial charge in [-0.05, 0) is 79.2 Å². The lowest BCUT2D eigenvalue weighted by Crippen LogP contribution is -2.08. The number of ether oxygens (including phenoxy) is 2. The average Bonchev–Trinajstić information content (AvgIpc) is 2.96. The van der Waals surface area contributed by atoms with Crippen LogP contribution in [0.25, 0.3) is 0 Å². The standard InChI is InChI=1S/C31H28F2N4O3/c1-2-3-4-5-19-39-27-15-13-25(14-16-27)35-34-24-11-9-22(10-12-24)31(38)40-28-17-18-30(29(33)21-28)37-36-26-8-6-7-23(32)20-26/h6-18,20-21H,2-5,19H2,1H3. The van der Waals surface area contributed by atoms with Gasteiger partial charge >= 0.3 is 5.97 Å². The maximum absolute atomic E-state index is 14.4. The first-order valence-electron chi connectivity index (χ1n) is 12.9. The summed E-state index contributed by atoms with van der Waals surface area (Å²) in [5, 5.41) is 16.0. The van der Waals surface area contributed by atoms with Gasteiger partial charge in [0, 0.05) is 12.1 Å². The van der Waals surface area contributed by atoms with Gasteiger partial charge in [-0.2, -0.15) is 15.3 Å². The molecular formula is C31H28F2N4O3. The number of halogens is 2. The maximum atomic E-state index is 14.4. The van der Waals surface area contributed by atoms with Crippen LogP contribution < -0.4 is 9.47 Å². The number of hydrogen-bond donors (Lipinski definition) is 0. The number of rotatable bonds is 12. The summed E-state index contributed by atoms with van der Waals surface area (Å²) in [6.45, 7) is 2.87. The van der Waals surface area contributed by atoms with Crippen molar-refractivity contribution in [3.8, 4) is 11.5 Å². The number of unbranched alkanes of at least 4 members (excludes halogenated alkanes) is 3. The SMILES string of the molecule is CCCCCCOc1ccc(N=Nc2ccc(C(=O)Oc3ccc(N=Nc4cccc(F)c4)c(F)c3)cc2)cc1. The molecule has 0 radical (unpaired) electrons. The van der Waals surface area contributed by atoms with Gasteiger partial charge in [0.2, 0.25) is 0 Å². The topological polar surface area (TPSA) is 85.0 Å². The summed E-state index contributed by atoms with van der Waals surface area (Å²) in [5.41, 5.74) is 1.64. The monoisotopic (exact) mass is 542 g/mol. The maximum Gasteiger partial charge on any atom is 0.343 e. The number of benzene rings is 4. The first-order chi connectivity index (χ1) is 19.5. The number of nitrogens with zero attached hydrogens (tertiary/aromatic N) is 4. The molecule has 0 aliphatic heterocycles. The zero-order valence-corrected chi connectivity index (χ0v) is 22.0. The Morgan fingerprint density at radius 3 is 2.05 bits per heavy atom. The Hall–Kier alpha value is -4.79. The highest BCUT2D eigenvalue weighted by molar-refractivity contribution is 5.91. The summed E-state index contributed by atoms with van der Waals surface area (Å²) in [7, 11) is 0. The third-order valence-electron chi connectivity index (χ3n) is 5.70. The molecule has 0 heterocycles. The van der Waals surface area contributed by atoms with Gasteiger partial charge in [-0.25, -0.2) is 13.6 Å². The summed E-state index contributed by atoms with van der Waals surface area (Å²) in [4.78, 5) is 12.5. The highest BCUT2D eigenvalue weighted by Crippen LogP contribution is 2.27. The molecule has 0 fully saturated rings. The van der Waals surface area contributed by atoms with Gasteiger partial charge in [0.15, 0.2) is 5.82 Å². The number of esters is 1. The van der Waals surface area contributed by atoms with Crippen molar-refractivity contribution in [2.24, 2.45) is 20.5 Å². The van der Waals surface area contributed by atoms with Crippen LogP contribution in [0.3, 0.4) is 0 Å². The van der Waals surface area contributed by atoms with E-state index >= 15 is 0 Å². The molecule has 0 saturated carbocycles. The van der Waals surface area contributed by atoms with Gasteiger partial charge in [-0.1, -0.05) is 32.3 Å². The van der Waals surface area contributed by atoms with E-state index in [0.717, 1.165) is 18.2 Å². The van der Waals surface area contributed by atoms with Crippen molar-refractivity contribution in [3.05, 3.63) is 108 Å². The molecule has 0 saturated heterocycles. The second-order valence-corrected chi connectivity index (χ2v) is 8.83. The van der Waals surface area contributed by atoms with Gasteiger partial charge in [0.05, 0.1) is 29.2 Å². The van der Waals surface area contributed by atoms with Crippen molar-refractivity contribution in [1.82, 2.24) is 0 Å². The van der Waals surface area contributed by atoms with Gasteiger partial charge < -0.3 is 9.47 Å². The molecule has 0 N–H and O–H groups in total. The predicted octanol–water partition coefficient (Wildman–Crippen LogP) is 9.97. The Labute approximate surface area is 231 Å². The quantitative estimate of drug-likeness (QED) is 0.0772. The van der Waals surface area contributed by atoms with Crippen LogP contribution in [0.4, 0.5) is 31.5 Å². The first kappa shape index (κ1) is 28.2. The summed E-state index contributed by atoms with van der Waals surface area (Å²) in [6, 6.07) is 22.9. The van der Waals surface area contributed by atoms with E-state index in [4.69, 9.17) is 9.47 Å². The number of carbonyl (C=O) groups is 1. The third kappa shape index (κ3) is 8.62. The van der Waals surface area contributed by atoms with Crippen LogP contribution in [0.2, 0.25) is 0 Å². The van der Waals surface area contributed by atoms with E-state index in [1.807, 2.05) is 24.3 Å². The molecule has 4 rings (SSSR count). The van der Waals surface area contributed by atoms with E-state index in [1.165, 1.54) is 55.7 Å². The largest absolute Gasteiger partial charge is 0.494 e. The Bertz CT molecular complexity index is 1470. The van der Waals surface area contributed by atoms with Crippen LogP contribution in [0.5, 0.6) is 11.5 Å². The van der Waals surface area contributed by atoms with Gasteiger partial charge in [-0.15, -0.1) is 5.11 Å². The second-order valence-electron chi connectivity index (χ2n) is 8.83. The lowest BCUT2D eigenvalue weighted by molar-refractivity contribution is 0.0734. The van der Waals surface area contributed by atoms with Crippen LogP contribution in [0.15, 0.2) is 111 Å². The summed E-state index contributed by atoms with van der Waals surface area (Å²) in [5.74, 6) is -1.08. The molecule has 0 unspecified atom stereocenters. The first-order valence-corrected chi connectivity index (χ1v) is 12.9. The molecule has 7 nitrogen and oxygen atoms in total. The minimum absolute atomic E-state index is 0.00403. The lowest BCUT2D eigenvalue weighted by atomic mass is 10.2. The van der Waals surface area contributed by atoms with Crippen LogP contribution in [-0.2, 0) is 0 Å². The molecule has 0 aromatic heterocycles. The van der Waals surface area contributed by atoms with Crippen LogP contribution in [0, 0.1) is 11.6 Å². The van der Waals surface area contributed by atoms with Crippen molar-refractivity contribution in [3.63, 3.8) is 0 Å². The van der Waals surface area contributed by atoms with Crippen LogP contribution >= 0.6 is 0 Å². The Balaban J connectivity index is 1.29. The van der Waals surface area contributed by atoms with Crippen molar-refractivity contribution in [2.75, 3.05) is 6.61 Å². The highest BCUT2D eigenvalue weighted by atomic mass is 19.1. The Kier molecular flexibility index (Phi) is 10.2. The van der Waals surface area contributed by atoms with Crippen molar-refractivity contribution in [2.45, 2.75) is 32.6 Å². The number of hydrogen-bond acceptors (Lipinski definition) is 7. The zero-order valence-electron chi connectivity index (χ0n) is 22.0. The molecule has 0 aliphatic carbocycles. The van der Waals surface area contributed by atoms with E-state index in [2.05, 4.69) is 27.4 Å². The van der Waals surface area contributed by atoms with Crippen LogP contribution in [0.1, 0.15) is 43.0 Å². The molecule has 0 amide bonds. The van der Waals surface area contributed by atoms with E-state index < -0.39 is 17.6 Å². The molecule has 4 aromatic rings. The number of carbonyl (C=O) groups excluding carboxylic acids is 1. The van der Waals surface area contributed by atoms with Crippen molar-refractivity contribution in [1.29, 1.82) is 0 Å². The Morgan fingerprint density at radius 2 is 1.38 bits per heavy atom. The molecule has 0 atom stereocenters. The average molecular weight is 543 g/mol. The highest BCUT2D eigenvalue weighted by Gasteiger charge is 2.11. The lowest BCUT2D eigenvalue weighted by Gasteiger charge is -2.06. The normalized spacial score (nSPS) is 11.3. The molecule has 9 heteroatoms. The van der Waals surface area contributed by atoms with E-state index in [0.29, 0.717) is 18.0 Å². The fourth-order valence-corrected chi connectivity index (χ4v) is 3.56. The number of azo groups is 2. The summed E-state index contributed by atoms with van der Waals surface area (Å²) >= 11 is 0. The Morgan fingerprint density at radius 1 is 0.700 bits per heavy atom. The van der Waals surface area contributed by atoms with Gasteiger partial charge in [0.25, 0.3) is 0 Å². The van der Waals surface area contributed by atoms with Crippen LogP contribution in [-0.4, -0.2) is 12.6 Å². The molecule has 0 bridgehead atoms. The van der Waals surface area contributed by atoms with Crippen molar-refractivity contribution < 1.29 is 23.0 Å². The third-order valence-corrected chi connectivity index (χ3v) is 5.70. The summed E-state index contributed by atoms with van der Waals surface area (Å²) < 4.78 is 38.7. The second kappa shape index (κ2) is 14.4. The minimum Gasteiger partial charge on any atom is -0.494 e. The molecule has 204 valence electrons. The zero-order chi connectivity index (χ0) is 28.2. The smallest absolute Gasteiger partial charge is 0.343 e. The molecule has 40 heavy (non-hydrogen) atoms. The van der Waals surface area contributed by atoms with E-state index in [-0.39, 0.29) is 22.7 Å². The fraction of sp³-hybridized carbons (Fsp3) is 0.194. The molecular weight excluding hydrogens is 514 g/mol. The van der Waals surface area contributed by atoms with Gasteiger partial charge in [0.1, 0.15) is 23.0 Å². The summed E-state index contributed by atoms with van der Waals surface area (Å²) in [6.07, 6.45) is 4.61.